The zero-order valence-electron chi connectivity index (χ0n) is 85.1. The van der Waals surface area contributed by atoms with Crippen LogP contribution in [0.5, 0.6) is 0 Å². The maximum Gasteiger partial charge on any atom is 0.410 e. The van der Waals surface area contributed by atoms with E-state index in [9.17, 15) is 48.3 Å². The molecule has 7 aromatic rings. The zero-order valence-corrected chi connectivity index (χ0v) is 96.2. The molecule has 7 aliphatic carbocycles. The molecule has 0 spiro atoms. The van der Waals surface area contributed by atoms with Crippen molar-refractivity contribution in [3.8, 4) is 0 Å². The van der Waals surface area contributed by atoms with Crippen LogP contribution in [0.4, 0.5) is 14.4 Å². The van der Waals surface area contributed by atoms with Crippen molar-refractivity contribution in [3.05, 3.63) is 240 Å². The van der Waals surface area contributed by atoms with Gasteiger partial charge in [0.15, 0.2) is 0 Å². The highest BCUT2D eigenvalue weighted by molar-refractivity contribution is 9.11. The molecular formula is C116H163Br7N6O18. The van der Waals surface area contributed by atoms with Crippen LogP contribution in [0.1, 0.15) is 276 Å². The third kappa shape index (κ3) is 44.8. The summed E-state index contributed by atoms with van der Waals surface area (Å²) in [5, 5.41) is 22.4. The zero-order chi connectivity index (χ0) is 104. The fourth-order valence-corrected chi connectivity index (χ4v) is 20.0. The molecular weight excluding hydrogens is 2320 g/mol. The van der Waals surface area contributed by atoms with Crippen LogP contribution in [0.2, 0.25) is 0 Å². The minimum absolute atomic E-state index is 0. The van der Waals surface area contributed by atoms with Crippen molar-refractivity contribution in [2.45, 2.75) is 255 Å². The van der Waals surface area contributed by atoms with Crippen molar-refractivity contribution in [3.63, 3.8) is 0 Å². The third-order valence-electron chi connectivity index (χ3n) is 26.6. The second kappa shape index (κ2) is 64.0. The van der Waals surface area contributed by atoms with Gasteiger partial charge in [-0.15, -0.1) is 0 Å². The van der Waals surface area contributed by atoms with Crippen LogP contribution in [0.15, 0.2) is 201 Å². The number of nitrogens with zero attached hydrogens (tertiary/aromatic N) is 5. The van der Waals surface area contributed by atoms with E-state index >= 15 is 0 Å². The number of nitrogens with one attached hydrogen (secondary N) is 1. The molecule has 31 heteroatoms. The number of carbonyl (C=O) groups excluding carboxylic acids is 9. The van der Waals surface area contributed by atoms with Gasteiger partial charge in [-0.05, 0) is 338 Å². The number of rotatable bonds is 19. The Balaban J connectivity index is 0.000000297. The van der Waals surface area contributed by atoms with Crippen molar-refractivity contribution in [1.82, 2.24) is 29.8 Å². The molecule has 0 bridgehead atoms. The first-order valence-corrected chi connectivity index (χ1v) is 55.7. The first-order valence-electron chi connectivity index (χ1n) is 50.2. The number of benzene rings is 7. The lowest BCUT2D eigenvalue weighted by Crippen LogP contribution is -2.51. The lowest BCUT2D eigenvalue weighted by Gasteiger charge is -2.42. The molecule has 7 saturated carbocycles. The number of aliphatic hydroxyl groups is 2. The Morgan fingerprint density at radius 1 is 0.381 bits per heavy atom. The first-order chi connectivity index (χ1) is 67.9. The molecule has 3 N–H and O–H groups in total. The lowest BCUT2D eigenvalue weighted by molar-refractivity contribution is -0.165. The standard InChI is InChI=1S/C22H32N2O4.C20H29BrN2O2.C13H15BrO3.C13H15BrO2.C11H13BrO.C11H11BrO.C9H18N2O2.C7H10O3.C6H4Br2.4CH4/c1-22(2,3)28-21(26)24-11-9-23(10-12-24)15-16-13-19(14-16)17-5-7-18(8-6-17)20(25)27-4;1-20(2,3)25-19(24)23-10-8-22(9-11-23)14-15-12-17(13-15)16-4-6-18(21)7-5-16;1-2-17-12(15)9-7-13(16,8-9)10-3-5-11(14)6-4-10;1-2-16-13(15)11-7-10(8-11)9-3-5-12(14)6-4-9;2*12-11-3-1-9(2-4-11)10-5-8(6-10)7-13;1-9(2,3)13-8(12)11-6-4-10-5-7-11;1-2-10-7(9)5-3-6(8)4-5;7-5-1-2-6(8)4-3-5;;;;/h5-8,16,19H,9-15H2,1-4H3;4-7,15,17H,8-14H2,1-3H3;3-6,9,16H,2,7-8H2,1H3;3-6,10-11H,2,7-8H2,1H3;1-4,8,10,13H,5-7H2;1-4,7-8,10H,5-6H2;10H,4-7H2,1-3H3;5H,2-4H2,1H3;1-4H;4*1H4. The SMILES string of the molecule is Brc1ccc(Br)cc1.C.C.C.C.CC(C)(C)OC(=O)N1CCN(CC2CC(c3ccc(Br)cc3)C2)CC1.CC(C)(C)OC(=O)N1CCNCC1.CCOC(=O)C1CC(=O)C1.CCOC(=O)C1CC(O)(c2ccc(Br)cc2)C1.CCOC(=O)C1CC(c2ccc(Br)cc2)C1.COC(=O)c1ccc(C2CC(CN3CCN(C(=O)OC(C)(C)C)CC3)C2)cc1.O=CC1CC(c2ccc(Br)cc2)C1.OCC1CC(c2ccc(Br)cc2)C1. The van der Waals surface area contributed by atoms with Crippen LogP contribution < -0.4 is 5.32 Å². The second-order valence-corrected chi connectivity index (χ2v) is 47.7. The molecule has 3 amide bonds. The van der Waals surface area contributed by atoms with Gasteiger partial charge in [0.1, 0.15) is 28.9 Å². The van der Waals surface area contributed by atoms with Gasteiger partial charge in [-0.2, -0.15) is 0 Å². The molecule has 0 unspecified atom stereocenters. The summed E-state index contributed by atoms with van der Waals surface area (Å²) in [5.41, 5.74) is 6.23. The number of amides is 3. The number of hydrogen-bond donors (Lipinski definition) is 3. The molecule has 147 heavy (non-hydrogen) atoms. The monoisotopic (exact) mass is 2480 g/mol. The topological polar surface area (TPSA) is 287 Å². The van der Waals surface area contributed by atoms with E-state index in [4.69, 9.17) is 38.3 Å². The maximum absolute atomic E-state index is 12.2. The van der Waals surface area contributed by atoms with Crippen molar-refractivity contribution in [1.29, 1.82) is 0 Å². The summed E-state index contributed by atoms with van der Waals surface area (Å²) in [4.78, 5) is 112. The Labute approximate surface area is 935 Å². The van der Waals surface area contributed by atoms with Gasteiger partial charge >= 0.3 is 42.2 Å². The Kier molecular flexibility index (Phi) is 56.7. The van der Waals surface area contributed by atoms with Gasteiger partial charge in [-0.1, -0.05) is 214 Å². The van der Waals surface area contributed by atoms with E-state index < -0.39 is 16.8 Å². The third-order valence-corrected chi connectivity index (χ3v) is 30.4. The van der Waals surface area contributed by atoms with E-state index in [-0.39, 0.29) is 101 Å². The number of aldehydes is 1. The van der Waals surface area contributed by atoms with Gasteiger partial charge in [0.25, 0.3) is 0 Å². The predicted molar refractivity (Wildman–Crippen MR) is 611 cm³/mol. The van der Waals surface area contributed by atoms with Crippen LogP contribution in [0, 0.1) is 41.4 Å². The Morgan fingerprint density at radius 2 is 0.653 bits per heavy atom. The quantitative estimate of drug-likeness (QED) is 0.0385. The van der Waals surface area contributed by atoms with Crippen LogP contribution in [-0.2, 0) is 62.7 Å². The molecule has 3 saturated heterocycles. The summed E-state index contributed by atoms with van der Waals surface area (Å²) in [6.07, 6.45) is 13.4. The predicted octanol–water partition coefficient (Wildman–Crippen LogP) is 27.3. The smallest absolute Gasteiger partial charge is 0.410 e. The van der Waals surface area contributed by atoms with E-state index in [0.717, 1.165) is 185 Å². The largest absolute Gasteiger partial charge is 0.466 e. The van der Waals surface area contributed by atoms with Gasteiger partial charge in [-0.3, -0.25) is 29.0 Å². The van der Waals surface area contributed by atoms with Crippen LogP contribution in [-0.4, -0.2) is 231 Å². The van der Waals surface area contributed by atoms with Crippen molar-refractivity contribution in [2.75, 3.05) is 125 Å². The lowest BCUT2D eigenvalue weighted by atomic mass is 9.67. The van der Waals surface area contributed by atoms with Crippen molar-refractivity contribution < 1.29 is 86.5 Å². The summed E-state index contributed by atoms with van der Waals surface area (Å²) in [7, 11) is 1.40. The van der Waals surface area contributed by atoms with Gasteiger partial charge in [0, 0.05) is 148 Å². The van der Waals surface area contributed by atoms with E-state index in [1.54, 1.807) is 18.7 Å². The highest BCUT2D eigenvalue weighted by atomic mass is 79.9. The molecule has 10 aliphatic rings. The van der Waals surface area contributed by atoms with E-state index in [1.165, 1.54) is 60.6 Å². The summed E-state index contributed by atoms with van der Waals surface area (Å²) < 4.78 is 43.2. The van der Waals surface area contributed by atoms with Crippen LogP contribution >= 0.6 is 112 Å². The highest BCUT2D eigenvalue weighted by Gasteiger charge is 2.48. The average molecular weight is 2490 g/mol. The minimum atomic E-state index is -0.863. The number of piperazine rings is 3. The van der Waals surface area contributed by atoms with Gasteiger partial charge in [0.2, 0.25) is 0 Å². The van der Waals surface area contributed by atoms with Gasteiger partial charge < -0.3 is 68.2 Å². The van der Waals surface area contributed by atoms with Crippen molar-refractivity contribution >= 4 is 166 Å². The molecule has 17 rings (SSSR count). The fraction of sp³-hybridized carbons (Fsp3) is 0.560. The number of halogens is 7. The number of esters is 4. The molecule has 7 aromatic carbocycles. The van der Waals surface area contributed by atoms with E-state index in [2.05, 4.69) is 212 Å². The molecule has 24 nitrogen and oxygen atoms in total. The fourth-order valence-electron chi connectivity index (χ4n) is 18.1. The first kappa shape index (κ1) is 130. The van der Waals surface area contributed by atoms with Gasteiger partial charge in [0.05, 0.1) is 55.8 Å². The second-order valence-electron chi connectivity index (χ2n) is 41.3. The van der Waals surface area contributed by atoms with E-state index in [1.807, 2.05) is 164 Å². The molecule has 0 radical (unpaired) electrons. The molecule has 3 aliphatic heterocycles. The van der Waals surface area contributed by atoms with Crippen LogP contribution in [0.25, 0.3) is 0 Å². The summed E-state index contributed by atoms with van der Waals surface area (Å²) in [6.45, 7) is 36.4. The maximum atomic E-state index is 12.2. The normalized spacial score (nSPS) is 22.4. The number of methoxy groups -OCH3 is 1. The number of ketones is 1. The minimum Gasteiger partial charge on any atom is -0.466 e. The Bertz CT molecular complexity index is 5060. The number of carbonyl (C=O) groups is 9. The van der Waals surface area contributed by atoms with Crippen LogP contribution in [0.3, 0.4) is 0 Å². The van der Waals surface area contributed by atoms with Gasteiger partial charge in [-0.25, -0.2) is 19.2 Å². The molecule has 10 fully saturated rings. The number of hydrogen-bond acceptors (Lipinski definition) is 21. The van der Waals surface area contributed by atoms with Crippen molar-refractivity contribution in [2.24, 2.45) is 41.4 Å². The molecule has 814 valence electrons. The number of Topliss-reactive ketones (excluding diaryl/α,β-unsaturated/α-hetero) is 1. The Hall–Kier alpha value is -7.27. The van der Waals surface area contributed by atoms with E-state index in [0.29, 0.717) is 99.1 Å². The number of ether oxygens (including phenoxy) is 7. The molecule has 0 atom stereocenters. The number of aliphatic hydroxyl groups excluding tert-OH is 1. The molecule has 3 heterocycles. The summed E-state index contributed by atoms with van der Waals surface area (Å²) >= 11 is 23.7. The molecule has 0 aromatic heterocycles. The summed E-state index contributed by atoms with van der Waals surface area (Å²) in [6, 6.07) is 57.3. The average Bonchev–Trinajstić information content (AvgIpc) is 0.761. The Morgan fingerprint density at radius 3 is 0.946 bits per heavy atom. The highest BCUT2D eigenvalue weighted by Crippen LogP contribution is 2.49. The summed E-state index contributed by atoms with van der Waals surface area (Å²) in [5.74, 6) is 4.75.